The van der Waals surface area contributed by atoms with Crippen molar-refractivity contribution in [3.8, 4) is 10.6 Å². The van der Waals surface area contributed by atoms with Crippen molar-refractivity contribution < 1.29 is 18.0 Å². The highest BCUT2D eigenvalue weighted by atomic mass is 32.2. The van der Waals surface area contributed by atoms with Gasteiger partial charge in [-0.15, -0.1) is 11.3 Å². The van der Waals surface area contributed by atoms with Gasteiger partial charge in [-0.3, -0.25) is 9.89 Å². The number of aromatic nitrogens is 2. The molecule has 0 saturated carbocycles. The number of thioether (sulfide) groups is 1. The fourth-order valence-corrected chi connectivity index (χ4v) is 2.55. The van der Waals surface area contributed by atoms with Crippen LogP contribution < -0.4 is 5.32 Å². The smallest absolute Gasteiger partial charge is 0.350 e. The van der Waals surface area contributed by atoms with Gasteiger partial charge < -0.3 is 5.32 Å². The number of H-pyrrole nitrogens is 1. The Morgan fingerprint density at radius 2 is 2.30 bits per heavy atom. The minimum Gasteiger partial charge on any atom is -0.350 e. The minimum atomic E-state index is -4.27. The number of rotatable bonds is 5. The molecule has 2 rings (SSSR count). The van der Waals surface area contributed by atoms with Crippen molar-refractivity contribution >= 4 is 29.0 Å². The standard InChI is InChI=1S/C11H10F3N3OS2/c12-11(13,14)20-5-3-15-10(18)8-6-7(16-17-8)9-2-1-4-19-9/h1-2,4,6H,3,5H2,(H,15,18)(H,16,17). The van der Waals surface area contributed by atoms with Gasteiger partial charge in [0, 0.05) is 12.3 Å². The molecule has 4 nitrogen and oxygen atoms in total. The van der Waals surface area contributed by atoms with Crippen LogP contribution in [0.5, 0.6) is 0 Å². The molecule has 108 valence electrons. The second kappa shape index (κ2) is 6.31. The van der Waals surface area contributed by atoms with Crippen molar-refractivity contribution in [3.63, 3.8) is 0 Å². The van der Waals surface area contributed by atoms with Crippen molar-refractivity contribution in [1.29, 1.82) is 0 Å². The molecule has 2 aromatic rings. The SMILES string of the molecule is O=C(NCCSC(F)(F)F)c1cc(-c2cccs2)[nH]n1. The summed E-state index contributed by atoms with van der Waals surface area (Å²) in [6, 6.07) is 5.31. The number of alkyl halides is 3. The number of carbonyl (C=O) groups is 1. The van der Waals surface area contributed by atoms with Crippen LogP contribution >= 0.6 is 23.1 Å². The van der Waals surface area contributed by atoms with E-state index in [0.717, 1.165) is 4.88 Å². The van der Waals surface area contributed by atoms with E-state index in [1.807, 2.05) is 17.5 Å². The van der Waals surface area contributed by atoms with Gasteiger partial charge in [-0.2, -0.15) is 18.3 Å². The Kier molecular flexibility index (Phi) is 4.71. The van der Waals surface area contributed by atoms with E-state index in [4.69, 9.17) is 0 Å². The monoisotopic (exact) mass is 321 g/mol. The Balaban J connectivity index is 1.84. The summed E-state index contributed by atoms with van der Waals surface area (Å²) >= 11 is 1.33. The van der Waals surface area contributed by atoms with Crippen LogP contribution in [0.3, 0.4) is 0 Å². The lowest BCUT2D eigenvalue weighted by Crippen LogP contribution is -2.26. The molecule has 1 amide bonds. The Hall–Kier alpha value is -1.48. The normalized spacial score (nSPS) is 11.6. The molecule has 0 radical (unpaired) electrons. The highest BCUT2D eigenvalue weighted by Crippen LogP contribution is 2.29. The molecule has 0 unspecified atom stereocenters. The van der Waals surface area contributed by atoms with Gasteiger partial charge in [0.2, 0.25) is 0 Å². The van der Waals surface area contributed by atoms with Gasteiger partial charge in [0.1, 0.15) is 0 Å². The number of halogens is 3. The molecule has 2 aromatic heterocycles. The lowest BCUT2D eigenvalue weighted by molar-refractivity contribution is -0.0327. The topological polar surface area (TPSA) is 57.8 Å². The van der Waals surface area contributed by atoms with Crippen LogP contribution in [0.4, 0.5) is 13.2 Å². The first-order chi connectivity index (χ1) is 9.46. The fourth-order valence-electron chi connectivity index (χ4n) is 1.42. The number of carbonyl (C=O) groups excluding carboxylic acids is 1. The fraction of sp³-hybridized carbons (Fsp3) is 0.273. The third-order valence-electron chi connectivity index (χ3n) is 2.25. The Labute approximate surface area is 120 Å². The van der Waals surface area contributed by atoms with Crippen LogP contribution in [0.25, 0.3) is 10.6 Å². The van der Waals surface area contributed by atoms with Crippen molar-refractivity contribution in [3.05, 3.63) is 29.3 Å². The van der Waals surface area contributed by atoms with Crippen LogP contribution in [0.15, 0.2) is 23.6 Å². The van der Waals surface area contributed by atoms with Crippen LogP contribution in [-0.4, -0.2) is 33.9 Å². The van der Waals surface area contributed by atoms with E-state index in [1.165, 1.54) is 11.3 Å². The molecule has 0 aromatic carbocycles. The molecule has 0 fully saturated rings. The van der Waals surface area contributed by atoms with Crippen LogP contribution in [0.2, 0.25) is 0 Å². The zero-order valence-corrected chi connectivity index (χ0v) is 11.7. The van der Waals surface area contributed by atoms with E-state index in [9.17, 15) is 18.0 Å². The van der Waals surface area contributed by atoms with Gasteiger partial charge in [-0.05, 0) is 29.3 Å². The number of nitrogens with zero attached hydrogens (tertiary/aromatic N) is 1. The number of nitrogens with one attached hydrogen (secondary N) is 2. The van der Waals surface area contributed by atoms with E-state index < -0.39 is 11.4 Å². The molecule has 0 spiro atoms. The zero-order valence-electron chi connectivity index (χ0n) is 10.0. The molecule has 0 saturated heterocycles. The first kappa shape index (κ1) is 14.9. The van der Waals surface area contributed by atoms with Crippen LogP contribution in [-0.2, 0) is 0 Å². The number of hydrogen-bond donors (Lipinski definition) is 2. The second-order valence-electron chi connectivity index (χ2n) is 3.69. The quantitative estimate of drug-likeness (QED) is 0.832. The number of thiophene rings is 1. The summed E-state index contributed by atoms with van der Waals surface area (Å²) in [6.45, 7) is -0.0653. The lowest BCUT2D eigenvalue weighted by atomic mass is 10.3. The van der Waals surface area contributed by atoms with E-state index in [-0.39, 0.29) is 29.8 Å². The molecule has 2 heterocycles. The first-order valence-electron chi connectivity index (χ1n) is 5.54. The highest BCUT2D eigenvalue weighted by molar-refractivity contribution is 8.00. The maximum Gasteiger partial charge on any atom is 0.441 e. The number of hydrogen-bond acceptors (Lipinski definition) is 4. The van der Waals surface area contributed by atoms with Crippen LogP contribution in [0, 0.1) is 0 Å². The average Bonchev–Trinajstić information content (AvgIpc) is 3.02. The average molecular weight is 321 g/mol. The molecule has 9 heteroatoms. The Morgan fingerprint density at radius 3 is 2.95 bits per heavy atom. The molecule has 0 atom stereocenters. The van der Waals surface area contributed by atoms with Crippen molar-refractivity contribution in [1.82, 2.24) is 15.5 Å². The van der Waals surface area contributed by atoms with Gasteiger partial charge in [-0.25, -0.2) is 0 Å². The van der Waals surface area contributed by atoms with E-state index in [1.54, 1.807) is 6.07 Å². The van der Waals surface area contributed by atoms with Crippen molar-refractivity contribution in [2.24, 2.45) is 0 Å². The van der Waals surface area contributed by atoms with Gasteiger partial charge in [0.25, 0.3) is 5.91 Å². The van der Waals surface area contributed by atoms with E-state index in [0.29, 0.717) is 5.69 Å². The molecule has 2 N–H and O–H groups in total. The van der Waals surface area contributed by atoms with Crippen molar-refractivity contribution in [2.75, 3.05) is 12.3 Å². The van der Waals surface area contributed by atoms with Gasteiger partial charge in [0.15, 0.2) is 5.69 Å². The number of aromatic amines is 1. The largest absolute Gasteiger partial charge is 0.441 e. The molecule has 0 aliphatic heterocycles. The predicted molar refractivity (Wildman–Crippen MR) is 72.7 cm³/mol. The highest BCUT2D eigenvalue weighted by Gasteiger charge is 2.27. The minimum absolute atomic E-state index is 0.0653. The zero-order chi connectivity index (χ0) is 14.6. The maximum atomic E-state index is 11.9. The summed E-state index contributed by atoms with van der Waals surface area (Å²) in [5.74, 6) is -0.718. The summed E-state index contributed by atoms with van der Waals surface area (Å²) in [6.07, 6.45) is 0. The lowest BCUT2D eigenvalue weighted by Gasteiger charge is -2.05. The molecule has 0 aliphatic carbocycles. The summed E-state index contributed by atoms with van der Waals surface area (Å²) in [5.41, 5.74) is -3.41. The first-order valence-corrected chi connectivity index (χ1v) is 7.40. The Morgan fingerprint density at radius 1 is 1.50 bits per heavy atom. The third kappa shape index (κ3) is 4.27. The van der Waals surface area contributed by atoms with E-state index >= 15 is 0 Å². The van der Waals surface area contributed by atoms with Gasteiger partial charge in [-0.1, -0.05) is 6.07 Å². The van der Waals surface area contributed by atoms with Gasteiger partial charge in [0.05, 0.1) is 10.6 Å². The third-order valence-corrected chi connectivity index (χ3v) is 3.89. The number of amides is 1. The Bertz CT molecular complexity index is 566. The second-order valence-corrected chi connectivity index (χ2v) is 5.80. The summed E-state index contributed by atoms with van der Waals surface area (Å²) in [4.78, 5) is 12.6. The van der Waals surface area contributed by atoms with E-state index in [2.05, 4.69) is 15.5 Å². The molecule has 0 aliphatic rings. The molecule has 0 bridgehead atoms. The molecule has 20 heavy (non-hydrogen) atoms. The van der Waals surface area contributed by atoms with Crippen molar-refractivity contribution in [2.45, 2.75) is 5.51 Å². The predicted octanol–water partition coefficient (Wildman–Crippen LogP) is 3.12. The maximum absolute atomic E-state index is 11.9. The summed E-state index contributed by atoms with van der Waals surface area (Å²) in [7, 11) is 0. The summed E-state index contributed by atoms with van der Waals surface area (Å²) in [5, 5.41) is 10.8. The van der Waals surface area contributed by atoms with Gasteiger partial charge >= 0.3 is 5.51 Å². The summed E-state index contributed by atoms with van der Waals surface area (Å²) < 4.78 is 35.7. The van der Waals surface area contributed by atoms with Crippen LogP contribution in [0.1, 0.15) is 10.5 Å². The molecular weight excluding hydrogens is 311 g/mol. The molecular formula is C11H10F3N3OS2.